The summed E-state index contributed by atoms with van der Waals surface area (Å²) in [6.45, 7) is 0.147. The van der Waals surface area contributed by atoms with Crippen molar-refractivity contribution in [1.82, 2.24) is 9.55 Å². The molecule has 0 radical (unpaired) electrons. The zero-order valence-corrected chi connectivity index (χ0v) is 19.9. The van der Waals surface area contributed by atoms with Gasteiger partial charge in [0.1, 0.15) is 36.0 Å². The van der Waals surface area contributed by atoms with Crippen LogP contribution in [0.1, 0.15) is 30.5 Å². The Hall–Kier alpha value is -4.53. The van der Waals surface area contributed by atoms with Crippen molar-refractivity contribution in [1.29, 1.82) is 0 Å². The molecule has 2 heterocycles. The first-order valence-electron chi connectivity index (χ1n) is 11.7. The quantitative estimate of drug-likeness (QED) is 0.169. The number of aldehydes is 1. The lowest BCUT2D eigenvalue weighted by molar-refractivity contribution is -0.116. The van der Waals surface area contributed by atoms with Crippen LogP contribution in [-0.2, 0) is 22.7 Å². The molecule has 4 rings (SSSR count). The summed E-state index contributed by atoms with van der Waals surface area (Å²) in [6, 6.07) is 13.9. The van der Waals surface area contributed by atoms with Crippen LogP contribution in [0.2, 0.25) is 0 Å². The van der Waals surface area contributed by atoms with E-state index in [0.717, 1.165) is 17.1 Å². The summed E-state index contributed by atoms with van der Waals surface area (Å²) in [5.41, 5.74) is 1.47. The molecule has 2 aromatic carbocycles. The largest absolute Gasteiger partial charge is 0.487 e. The van der Waals surface area contributed by atoms with Gasteiger partial charge in [-0.2, -0.15) is 0 Å². The van der Waals surface area contributed by atoms with Gasteiger partial charge in [-0.3, -0.25) is 14.4 Å². The van der Waals surface area contributed by atoms with Crippen molar-refractivity contribution in [2.75, 3.05) is 5.32 Å². The third-order valence-electron chi connectivity index (χ3n) is 5.70. The van der Waals surface area contributed by atoms with Crippen molar-refractivity contribution in [2.45, 2.75) is 32.4 Å². The lowest BCUT2D eigenvalue weighted by Crippen LogP contribution is -2.25. The molecule has 2 aromatic heterocycles. The minimum Gasteiger partial charge on any atom is -0.487 e. The maximum absolute atomic E-state index is 14.0. The SMILES string of the molecule is O=C/C=C/CCCC(=O)Nc1cccn(Cc2cc3cccc(OCc4ccc(F)cc4F)c3[nH]2)c1=O. The number of ether oxygens (including phenoxy) is 1. The van der Waals surface area contributed by atoms with Gasteiger partial charge in [-0.05, 0) is 55.3 Å². The van der Waals surface area contributed by atoms with E-state index in [1.165, 1.54) is 22.8 Å². The Balaban J connectivity index is 1.45. The lowest BCUT2D eigenvalue weighted by Gasteiger charge is -2.09. The van der Waals surface area contributed by atoms with Crippen molar-refractivity contribution in [2.24, 2.45) is 0 Å². The molecule has 0 atom stereocenters. The van der Waals surface area contributed by atoms with Gasteiger partial charge in [-0.25, -0.2) is 8.78 Å². The van der Waals surface area contributed by atoms with Gasteiger partial charge in [0.25, 0.3) is 5.56 Å². The Bertz CT molecular complexity index is 1510. The number of pyridine rings is 1. The van der Waals surface area contributed by atoms with E-state index in [1.54, 1.807) is 36.5 Å². The molecule has 190 valence electrons. The lowest BCUT2D eigenvalue weighted by atomic mass is 10.2. The number of amides is 1. The second kappa shape index (κ2) is 11.9. The molecule has 9 heteroatoms. The van der Waals surface area contributed by atoms with Crippen molar-refractivity contribution in [3.8, 4) is 5.75 Å². The third-order valence-corrected chi connectivity index (χ3v) is 5.70. The smallest absolute Gasteiger partial charge is 0.274 e. The van der Waals surface area contributed by atoms with Crippen LogP contribution in [0.5, 0.6) is 5.75 Å². The van der Waals surface area contributed by atoms with E-state index < -0.39 is 11.6 Å². The van der Waals surface area contributed by atoms with Crippen LogP contribution in [0.3, 0.4) is 0 Å². The number of benzene rings is 2. The number of aromatic amines is 1. The Labute approximate surface area is 211 Å². The number of allylic oxidation sites excluding steroid dienone is 2. The number of carbonyl (C=O) groups excluding carboxylic acids is 2. The van der Waals surface area contributed by atoms with Crippen LogP contribution < -0.4 is 15.6 Å². The van der Waals surface area contributed by atoms with Crippen molar-refractivity contribution in [3.63, 3.8) is 0 Å². The van der Waals surface area contributed by atoms with Gasteiger partial charge < -0.3 is 19.6 Å². The third kappa shape index (κ3) is 6.58. The molecule has 0 aliphatic rings. The molecule has 7 nitrogen and oxygen atoms in total. The highest BCUT2D eigenvalue weighted by molar-refractivity contribution is 5.90. The Morgan fingerprint density at radius 3 is 2.78 bits per heavy atom. The average Bonchev–Trinajstić information content (AvgIpc) is 3.29. The van der Waals surface area contributed by atoms with Gasteiger partial charge >= 0.3 is 0 Å². The fourth-order valence-corrected chi connectivity index (χ4v) is 3.87. The summed E-state index contributed by atoms with van der Waals surface area (Å²) < 4.78 is 34.4. The molecule has 0 bridgehead atoms. The molecule has 0 saturated carbocycles. The van der Waals surface area contributed by atoms with Crippen molar-refractivity contribution in [3.05, 3.63) is 106 Å². The molecule has 0 fully saturated rings. The standard InChI is InChI=1S/C28H25F2N3O4/c29-21-12-11-20(23(30)16-21)18-37-25-9-5-7-19-15-22(31-27(19)25)17-33-13-6-8-24(28(33)36)32-26(35)10-3-1-2-4-14-34/h2,4-9,11-16,31H,1,3,10,17-18H2,(H,32,35)/b4-2+. The number of nitrogens with one attached hydrogen (secondary N) is 2. The minimum absolute atomic E-state index is 0.0752. The predicted octanol–water partition coefficient (Wildman–Crippen LogP) is 5.10. The van der Waals surface area contributed by atoms with Crippen LogP contribution in [-0.4, -0.2) is 21.7 Å². The monoisotopic (exact) mass is 505 g/mol. The van der Waals surface area contributed by atoms with E-state index in [4.69, 9.17) is 4.74 Å². The van der Waals surface area contributed by atoms with Gasteiger partial charge in [-0.15, -0.1) is 0 Å². The average molecular weight is 506 g/mol. The molecular weight excluding hydrogens is 480 g/mol. The Kier molecular flexibility index (Phi) is 8.25. The molecule has 4 aromatic rings. The van der Waals surface area contributed by atoms with Crippen LogP contribution in [0.25, 0.3) is 10.9 Å². The normalized spacial score (nSPS) is 11.2. The number of hydrogen-bond acceptors (Lipinski definition) is 4. The second-order valence-electron chi connectivity index (χ2n) is 8.40. The molecular formula is C28H25F2N3O4. The molecule has 0 spiro atoms. The number of halogens is 2. The number of hydrogen-bond donors (Lipinski definition) is 2. The summed E-state index contributed by atoms with van der Waals surface area (Å²) in [5, 5.41) is 3.49. The fourth-order valence-electron chi connectivity index (χ4n) is 3.87. The van der Waals surface area contributed by atoms with Gasteiger partial charge in [0, 0.05) is 35.3 Å². The van der Waals surface area contributed by atoms with Crippen molar-refractivity contribution >= 4 is 28.8 Å². The number of para-hydroxylation sites is 1. The van der Waals surface area contributed by atoms with Crippen LogP contribution in [0.4, 0.5) is 14.5 Å². The van der Waals surface area contributed by atoms with E-state index in [0.29, 0.717) is 30.4 Å². The highest BCUT2D eigenvalue weighted by Crippen LogP contribution is 2.27. The van der Waals surface area contributed by atoms with Gasteiger partial charge in [0.15, 0.2) is 0 Å². The van der Waals surface area contributed by atoms with E-state index in [-0.39, 0.29) is 42.3 Å². The van der Waals surface area contributed by atoms with Crippen LogP contribution in [0.15, 0.2) is 77.7 Å². The highest BCUT2D eigenvalue weighted by atomic mass is 19.1. The number of nitrogens with zero attached hydrogens (tertiary/aromatic N) is 1. The first-order valence-corrected chi connectivity index (χ1v) is 11.7. The zero-order chi connectivity index (χ0) is 26.2. The molecule has 1 amide bonds. The molecule has 0 unspecified atom stereocenters. The van der Waals surface area contributed by atoms with E-state index in [2.05, 4.69) is 10.3 Å². The number of aromatic nitrogens is 2. The summed E-state index contributed by atoms with van der Waals surface area (Å²) in [5.74, 6) is -1.12. The highest BCUT2D eigenvalue weighted by Gasteiger charge is 2.12. The summed E-state index contributed by atoms with van der Waals surface area (Å²) >= 11 is 0. The first kappa shape index (κ1) is 25.6. The zero-order valence-electron chi connectivity index (χ0n) is 19.9. The maximum atomic E-state index is 14.0. The number of anilines is 1. The summed E-state index contributed by atoms with van der Waals surface area (Å²) in [4.78, 5) is 38.7. The number of H-pyrrole nitrogens is 1. The maximum Gasteiger partial charge on any atom is 0.274 e. The van der Waals surface area contributed by atoms with E-state index >= 15 is 0 Å². The fraction of sp³-hybridized carbons (Fsp3) is 0.179. The molecule has 2 N–H and O–H groups in total. The predicted molar refractivity (Wildman–Crippen MR) is 136 cm³/mol. The Morgan fingerprint density at radius 2 is 1.97 bits per heavy atom. The Morgan fingerprint density at radius 1 is 1.11 bits per heavy atom. The van der Waals surface area contributed by atoms with E-state index in [9.17, 15) is 23.2 Å². The topological polar surface area (TPSA) is 93.2 Å². The number of fused-ring (bicyclic) bond motifs is 1. The number of rotatable bonds is 11. The molecule has 0 aliphatic carbocycles. The molecule has 0 saturated heterocycles. The molecule has 37 heavy (non-hydrogen) atoms. The summed E-state index contributed by atoms with van der Waals surface area (Å²) in [7, 11) is 0. The van der Waals surface area contributed by atoms with Crippen molar-refractivity contribution < 1.29 is 23.1 Å². The van der Waals surface area contributed by atoms with Gasteiger partial charge in [0.05, 0.1) is 12.1 Å². The number of carbonyl (C=O) groups is 2. The summed E-state index contributed by atoms with van der Waals surface area (Å²) in [6.07, 6.45) is 6.77. The molecule has 0 aliphatic heterocycles. The van der Waals surface area contributed by atoms with Gasteiger partial charge in [-0.1, -0.05) is 18.2 Å². The van der Waals surface area contributed by atoms with Gasteiger partial charge in [0.2, 0.25) is 5.91 Å². The second-order valence-corrected chi connectivity index (χ2v) is 8.40. The minimum atomic E-state index is -0.680. The number of unbranched alkanes of at least 4 members (excludes halogenated alkanes) is 1. The first-order chi connectivity index (χ1) is 17.9. The van der Waals surface area contributed by atoms with Crippen LogP contribution >= 0.6 is 0 Å². The van der Waals surface area contributed by atoms with Crippen LogP contribution in [0, 0.1) is 11.6 Å². The van der Waals surface area contributed by atoms with E-state index in [1.807, 2.05) is 12.1 Å².